The Bertz CT molecular complexity index is 1010. The fourth-order valence-electron chi connectivity index (χ4n) is 2.75. The molecule has 0 unspecified atom stereocenters. The first-order valence-electron chi connectivity index (χ1n) is 9.12. The molecule has 3 rings (SSSR count). The van der Waals surface area contributed by atoms with E-state index in [1.54, 1.807) is 54.7 Å². The largest absolute Gasteiger partial charge is 0.383 e. The number of pyridine rings is 1. The molecule has 0 aliphatic carbocycles. The Morgan fingerprint density at radius 3 is 2.31 bits per heavy atom. The molecule has 1 heterocycles. The molecule has 0 aliphatic rings. The van der Waals surface area contributed by atoms with Crippen LogP contribution in [0.1, 0.15) is 22.8 Å². The zero-order valence-electron chi connectivity index (χ0n) is 15.9. The summed E-state index contributed by atoms with van der Waals surface area (Å²) in [6.45, 7) is 1.94. The molecule has 1 aromatic heterocycles. The number of hydrogen-bond acceptors (Lipinski definition) is 4. The lowest BCUT2D eigenvalue weighted by molar-refractivity contribution is -0.114. The molecule has 7 heteroatoms. The van der Waals surface area contributed by atoms with Gasteiger partial charge in [-0.2, -0.15) is 0 Å². The second kappa shape index (κ2) is 9.45. The smallest absolute Gasteiger partial charge is 0.257 e. The van der Waals surface area contributed by atoms with Crippen molar-refractivity contribution in [1.29, 1.82) is 0 Å². The van der Waals surface area contributed by atoms with Gasteiger partial charge in [0.05, 0.1) is 11.3 Å². The van der Waals surface area contributed by atoms with E-state index in [1.807, 2.05) is 0 Å². The molecule has 0 saturated carbocycles. The molecule has 148 valence electrons. The van der Waals surface area contributed by atoms with Crippen LogP contribution in [0.15, 0.2) is 67.0 Å². The summed E-state index contributed by atoms with van der Waals surface area (Å²) in [6.07, 6.45) is 3.60. The minimum Gasteiger partial charge on any atom is -0.383 e. The van der Waals surface area contributed by atoms with E-state index in [-0.39, 0.29) is 17.6 Å². The zero-order chi connectivity index (χ0) is 20.6. The Morgan fingerprint density at radius 2 is 1.62 bits per heavy atom. The van der Waals surface area contributed by atoms with Crippen LogP contribution >= 0.6 is 0 Å². The third-order valence-corrected chi connectivity index (χ3v) is 4.14. The van der Waals surface area contributed by atoms with Crippen LogP contribution in [0, 0.1) is 5.82 Å². The van der Waals surface area contributed by atoms with Crippen LogP contribution in [0.25, 0.3) is 0 Å². The third-order valence-electron chi connectivity index (χ3n) is 4.14. The lowest BCUT2D eigenvalue weighted by Gasteiger charge is -2.10. The first-order valence-corrected chi connectivity index (χ1v) is 9.12. The molecule has 0 radical (unpaired) electrons. The normalized spacial score (nSPS) is 10.3. The number of nitrogens with zero attached hydrogens (tertiary/aromatic N) is 1. The van der Waals surface area contributed by atoms with Crippen molar-refractivity contribution in [3.8, 4) is 0 Å². The van der Waals surface area contributed by atoms with Crippen LogP contribution in [0.4, 0.5) is 21.5 Å². The molecule has 0 saturated heterocycles. The number of carbonyl (C=O) groups is 2. The summed E-state index contributed by atoms with van der Waals surface area (Å²) >= 11 is 0. The molecule has 2 aromatic carbocycles. The fraction of sp³-hybridized carbons (Fsp3) is 0.136. The van der Waals surface area contributed by atoms with Crippen molar-refractivity contribution in [3.63, 3.8) is 0 Å². The topological polar surface area (TPSA) is 83.1 Å². The fourth-order valence-corrected chi connectivity index (χ4v) is 2.75. The lowest BCUT2D eigenvalue weighted by Crippen LogP contribution is -2.13. The van der Waals surface area contributed by atoms with Crippen molar-refractivity contribution in [3.05, 3.63) is 83.9 Å². The molecule has 0 bridgehead atoms. The van der Waals surface area contributed by atoms with Gasteiger partial charge in [-0.3, -0.25) is 14.6 Å². The van der Waals surface area contributed by atoms with Gasteiger partial charge in [0.15, 0.2) is 0 Å². The highest BCUT2D eigenvalue weighted by Gasteiger charge is 2.08. The molecule has 2 amide bonds. The van der Waals surface area contributed by atoms with Gasteiger partial charge in [0.1, 0.15) is 5.82 Å². The number of nitrogens with one attached hydrogen (secondary N) is 3. The highest BCUT2D eigenvalue weighted by molar-refractivity contribution is 6.04. The molecule has 0 atom stereocenters. The van der Waals surface area contributed by atoms with Crippen molar-refractivity contribution in [2.75, 3.05) is 22.5 Å². The highest BCUT2D eigenvalue weighted by Crippen LogP contribution is 2.16. The van der Waals surface area contributed by atoms with Crippen molar-refractivity contribution in [2.45, 2.75) is 13.3 Å². The molecule has 0 spiro atoms. The van der Waals surface area contributed by atoms with E-state index < -0.39 is 0 Å². The number of benzene rings is 2. The van der Waals surface area contributed by atoms with E-state index in [2.05, 4.69) is 20.9 Å². The summed E-state index contributed by atoms with van der Waals surface area (Å²) in [5.41, 5.74) is 2.95. The quantitative estimate of drug-likeness (QED) is 0.566. The van der Waals surface area contributed by atoms with Crippen LogP contribution in [0.3, 0.4) is 0 Å². The molecule has 3 aromatic rings. The van der Waals surface area contributed by atoms with E-state index >= 15 is 0 Å². The monoisotopic (exact) mass is 392 g/mol. The standard InChI is InChI=1S/C22H21FN4O2/c1-15(28)26-18-6-8-19(9-7-18)27-22(29)17-12-20(14-24-13-17)25-11-10-16-4-2-3-5-21(16)23/h2-9,12-14,25H,10-11H2,1H3,(H,26,28)(H,27,29). The molecular weight excluding hydrogens is 371 g/mol. The van der Waals surface area contributed by atoms with Gasteiger partial charge < -0.3 is 16.0 Å². The summed E-state index contributed by atoms with van der Waals surface area (Å²) in [5, 5.41) is 8.61. The van der Waals surface area contributed by atoms with Gasteiger partial charge in [-0.15, -0.1) is 0 Å². The average molecular weight is 392 g/mol. The summed E-state index contributed by atoms with van der Waals surface area (Å²) in [6, 6.07) is 15.1. The predicted molar refractivity (Wildman–Crippen MR) is 112 cm³/mol. The Kier molecular flexibility index (Phi) is 6.52. The Morgan fingerprint density at radius 1 is 0.931 bits per heavy atom. The van der Waals surface area contributed by atoms with Crippen molar-refractivity contribution in [1.82, 2.24) is 4.98 Å². The van der Waals surface area contributed by atoms with Crippen LogP contribution in [0.2, 0.25) is 0 Å². The SMILES string of the molecule is CC(=O)Nc1ccc(NC(=O)c2cncc(NCCc3ccccc3F)c2)cc1. The maximum atomic E-state index is 13.7. The summed E-state index contributed by atoms with van der Waals surface area (Å²) in [4.78, 5) is 27.6. The number of rotatable bonds is 7. The number of hydrogen-bond donors (Lipinski definition) is 3. The summed E-state index contributed by atoms with van der Waals surface area (Å²) in [5.74, 6) is -0.695. The Hall–Kier alpha value is -3.74. The maximum absolute atomic E-state index is 13.7. The first-order chi connectivity index (χ1) is 14.0. The minimum atomic E-state index is -0.303. The van der Waals surface area contributed by atoms with Crippen LogP contribution < -0.4 is 16.0 Å². The Labute approximate surface area is 168 Å². The third kappa shape index (κ3) is 5.87. The summed E-state index contributed by atoms with van der Waals surface area (Å²) < 4.78 is 13.7. The number of amides is 2. The molecular formula is C22H21FN4O2. The van der Waals surface area contributed by atoms with Crippen molar-refractivity contribution < 1.29 is 14.0 Å². The van der Waals surface area contributed by atoms with Gasteiger partial charge >= 0.3 is 0 Å². The van der Waals surface area contributed by atoms with Crippen LogP contribution in [0.5, 0.6) is 0 Å². The molecule has 0 fully saturated rings. The van der Waals surface area contributed by atoms with Gasteiger partial charge in [0.25, 0.3) is 5.91 Å². The van der Waals surface area contributed by atoms with E-state index in [1.165, 1.54) is 19.2 Å². The van der Waals surface area contributed by atoms with Gasteiger partial charge in [0, 0.05) is 37.2 Å². The minimum absolute atomic E-state index is 0.160. The first kappa shape index (κ1) is 20.0. The van der Waals surface area contributed by atoms with Gasteiger partial charge in [-0.1, -0.05) is 18.2 Å². The predicted octanol–water partition coefficient (Wildman–Crippen LogP) is 4.09. The summed E-state index contributed by atoms with van der Waals surface area (Å²) in [7, 11) is 0. The zero-order valence-corrected chi connectivity index (χ0v) is 15.9. The number of anilines is 3. The van der Waals surface area contributed by atoms with Crippen LogP contribution in [-0.4, -0.2) is 23.3 Å². The van der Waals surface area contributed by atoms with Crippen LogP contribution in [-0.2, 0) is 11.2 Å². The lowest BCUT2D eigenvalue weighted by atomic mass is 10.1. The molecule has 29 heavy (non-hydrogen) atoms. The van der Waals surface area contributed by atoms with Crippen molar-refractivity contribution in [2.24, 2.45) is 0 Å². The van der Waals surface area contributed by atoms with E-state index in [0.29, 0.717) is 41.2 Å². The molecule has 6 nitrogen and oxygen atoms in total. The van der Waals surface area contributed by atoms with Gasteiger partial charge in [-0.25, -0.2) is 4.39 Å². The van der Waals surface area contributed by atoms with E-state index in [0.717, 1.165) is 0 Å². The van der Waals surface area contributed by atoms with E-state index in [9.17, 15) is 14.0 Å². The molecule has 0 aliphatic heterocycles. The maximum Gasteiger partial charge on any atom is 0.257 e. The van der Waals surface area contributed by atoms with Gasteiger partial charge in [-0.05, 0) is 48.4 Å². The highest BCUT2D eigenvalue weighted by atomic mass is 19.1. The van der Waals surface area contributed by atoms with Gasteiger partial charge in [0.2, 0.25) is 5.91 Å². The Balaban J connectivity index is 1.57. The molecule has 3 N–H and O–H groups in total. The van der Waals surface area contributed by atoms with E-state index in [4.69, 9.17) is 0 Å². The second-order valence-corrected chi connectivity index (χ2v) is 6.44. The second-order valence-electron chi connectivity index (χ2n) is 6.44. The average Bonchev–Trinajstić information content (AvgIpc) is 2.71. The number of aromatic nitrogens is 1. The number of carbonyl (C=O) groups excluding carboxylic acids is 2. The number of halogens is 1. The van der Waals surface area contributed by atoms with Crippen molar-refractivity contribution >= 4 is 28.9 Å².